The van der Waals surface area contributed by atoms with Crippen molar-refractivity contribution in [2.45, 2.75) is 25.3 Å². The first kappa shape index (κ1) is 19.9. The summed E-state index contributed by atoms with van der Waals surface area (Å²) in [6, 6.07) is 15.5. The fraction of sp³-hybridized carbons (Fsp3) is 0.409. The molecule has 2 N–H and O–H groups in total. The number of hydrogen-bond acceptors (Lipinski definition) is 3. The average Bonchev–Trinajstić information content (AvgIpc) is 2.71. The Morgan fingerprint density at radius 3 is 2.85 bits per heavy atom. The highest BCUT2D eigenvalue weighted by Crippen LogP contribution is 2.26. The molecule has 1 fully saturated rings. The van der Waals surface area contributed by atoms with Gasteiger partial charge in [0.15, 0.2) is 0 Å². The number of carbonyl (C=O) groups excluding carboxylic acids is 1. The summed E-state index contributed by atoms with van der Waals surface area (Å²) in [4.78, 5) is 12.8. The van der Waals surface area contributed by atoms with Gasteiger partial charge in [0, 0.05) is 36.4 Å². The van der Waals surface area contributed by atoms with Crippen LogP contribution in [0.2, 0.25) is 5.02 Å². The van der Waals surface area contributed by atoms with E-state index in [1.807, 2.05) is 55.6 Å². The molecule has 1 aliphatic rings. The summed E-state index contributed by atoms with van der Waals surface area (Å²) in [6.45, 7) is 2.29. The van der Waals surface area contributed by atoms with E-state index >= 15 is 0 Å². The Morgan fingerprint density at radius 1 is 1.26 bits per heavy atom. The molecule has 2 atom stereocenters. The normalized spacial score (nSPS) is 18.1. The van der Waals surface area contributed by atoms with Gasteiger partial charge in [0.2, 0.25) is 0 Å². The minimum absolute atomic E-state index is 0.0641. The Kier molecular flexibility index (Phi) is 7.27. The molecule has 1 heterocycles. The highest BCUT2D eigenvalue weighted by molar-refractivity contribution is 6.30. The molecule has 0 aromatic heterocycles. The van der Waals surface area contributed by atoms with Crippen LogP contribution in [0.25, 0.3) is 11.1 Å². The Hall–Kier alpha value is -1.88. The van der Waals surface area contributed by atoms with Crippen molar-refractivity contribution >= 4 is 17.5 Å². The van der Waals surface area contributed by atoms with Crippen LogP contribution in [0.15, 0.2) is 48.5 Å². The number of hydrogen-bond donors (Lipinski definition) is 2. The predicted molar refractivity (Wildman–Crippen MR) is 110 cm³/mol. The lowest BCUT2D eigenvalue weighted by Gasteiger charge is -2.26. The van der Waals surface area contributed by atoms with E-state index in [1.165, 1.54) is 6.42 Å². The lowest BCUT2D eigenvalue weighted by atomic mass is 9.94. The zero-order valence-corrected chi connectivity index (χ0v) is 16.5. The molecule has 0 radical (unpaired) electrons. The number of ether oxygens (including phenoxy) is 1. The Balaban J connectivity index is 1.65. The number of likely N-dealkylation sites (N-methyl/N-ethyl adjacent to an activating group) is 1. The van der Waals surface area contributed by atoms with E-state index in [0.29, 0.717) is 23.0 Å². The average molecular weight is 387 g/mol. The molecule has 1 amide bonds. The van der Waals surface area contributed by atoms with Crippen LogP contribution in [-0.4, -0.2) is 38.8 Å². The van der Waals surface area contributed by atoms with Crippen LogP contribution in [-0.2, 0) is 4.74 Å². The molecule has 2 aromatic carbocycles. The maximum atomic E-state index is 12.8. The number of amides is 1. The standard InChI is InChI=1S/C22H27ClN2O2/c1-24-19(12-16-6-5-11-27-15-16)14-25-22(26)21-10-3-2-9-20(21)17-7-4-8-18(23)13-17/h2-4,7-10,13,16,19,24H,5-6,11-12,14-15H2,1H3,(H,25,26)/t16-,19+/m0/s1. The third-order valence-electron chi connectivity index (χ3n) is 5.10. The summed E-state index contributed by atoms with van der Waals surface area (Å²) in [6.07, 6.45) is 3.33. The fourth-order valence-electron chi connectivity index (χ4n) is 3.60. The van der Waals surface area contributed by atoms with E-state index in [0.717, 1.165) is 37.2 Å². The lowest BCUT2D eigenvalue weighted by molar-refractivity contribution is 0.0478. The van der Waals surface area contributed by atoms with Gasteiger partial charge in [-0.15, -0.1) is 0 Å². The maximum absolute atomic E-state index is 12.8. The van der Waals surface area contributed by atoms with Gasteiger partial charge >= 0.3 is 0 Å². The molecular formula is C22H27ClN2O2. The van der Waals surface area contributed by atoms with Gasteiger partial charge in [-0.1, -0.05) is 41.9 Å². The molecular weight excluding hydrogens is 360 g/mol. The molecule has 0 spiro atoms. The van der Waals surface area contributed by atoms with Crippen molar-refractivity contribution in [3.05, 3.63) is 59.1 Å². The van der Waals surface area contributed by atoms with Crippen LogP contribution >= 0.6 is 11.6 Å². The topological polar surface area (TPSA) is 50.4 Å². The summed E-state index contributed by atoms with van der Waals surface area (Å²) in [5.74, 6) is 0.498. The van der Waals surface area contributed by atoms with Crippen molar-refractivity contribution in [2.75, 3.05) is 26.8 Å². The minimum Gasteiger partial charge on any atom is -0.381 e. The van der Waals surface area contributed by atoms with Gasteiger partial charge < -0.3 is 15.4 Å². The number of benzene rings is 2. The van der Waals surface area contributed by atoms with Crippen LogP contribution < -0.4 is 10.6 Å². The number of rotatable bonds is 7. The number of nitrogens with one attached hydrogen (secondary N) is 2. The van der Waals surface area contributed by atoms with E-state index in [1.54, 1.807) is 0 Å². The van der Waals surface area contributed by atoms with Gasteiger partial charge in [-0.3, -0.25) is 4.79 Å². The van der Waals surface area contributed by atoms with Crippen LogP contribution in [0.1, 0.15) is 29.6 Å². The third-order valence-corrected chi connectivity index (χ3v) is 5.33. The van der Waals surface area contributed by atoms with Gasteiger partial charge in [0.1, 0.15) is 0 Å². The fourth-order valence-corrected chi connectivity index (χ4v) is 3.79. The minimum atomic E-state index is -0.0641. The molecule has 27 heavy (non-hydrogen) atoms. The van der Waals surface area contributed by atoms with E-state index in [-0.39, 0.29) is 11.9 Å². The second-order valence-electron chi connectivity index (χ2n) is 7.07. The zero-order chi connectivity index (χ0) is 19.1. The summed E-state index contributed by atoms with van der Waals surface area (Å²) >= 11 is 6.12. The van der Waals surface area contributed by atoms with E-state index in [2.05, 4.69) is 10.6 Å². The first-order valence-electron chi connectivity index (χ1n) is 9.55. The highest BCUT2D eigenvalue weighted by atomic mass is 35.5. The van der Waals surface area contributed by atoms with Crippen molar-refractivity contribution in [3.8, 4) is 11.1 Å². The predicted octanol–water partition coefficient (Wildman–Crippen LogP) is 4.14. The summed E-state index contributed by atoms with van der Waals surface area (Å²) < 4.78 is 5.57. The number of halogens is 1. The first-order chi connectivity index (χ1) is 13.2. The van der Waals surface area contributed by atoms with Crippen molar-refractivity contribution in [2.24, 2.45) is 5.92 Å². The lowest BCUT2D eigenvalue weighted by Crippen LogP contribution is -2.41. The second kappa shape index (κ2) is 9.88. The molecule has 4 nitrogen and oxygen atoms in total. The van der Waals surface area contributed by atoms with Gasteiger partial charge in [0.05, 0.1) is 0 Å². The molecule has 144 valence electrons. The summed E-state index contributed by atoms with van der Waals surface area (Å²) in [5.41, 5.74) is 2.49. The quantitative estimate of drug-likeness (QED) is 0.751. The summed E-state index contributed by atoms with van der Waals surface area (Å²) in [7, 11) is 1.94. The molecule has 5 heteroatoms. The molecule has 1 aliphatic heterocycles. The molecule has 1 saturated heterocycles. The van der Waals surface area contributed by atoms with Crippen LogP contribution in [0.3, 0.4) is 0 Å². The Bertz CT molecular complexity index is 759. The first-order valence-corrected chi connectivity index (χ1v) is 9.93. The Morgan fingerprint density at radius 2 is 2.11 bits per heavy atom. The molecule has 0 aliphatic carbocycles. The van der Waals surface area contributed by atoms with E-state index in [4.69, 9.17) is 16.3 Å². The van der Waals surface area contributed by atoms with Crippen molar-refractivity contribution in [1.29, 1.82) is 0 Å². The third kappa shape index (κ3) is 5.55. The van der Waals surface area contributed by atoms with Crippen molar-refractivity contribution in [3.63, 3.8) is 0 Å². The molecule has 0 bridgehead atoms. The SMILES string of the molecule is CN[C@@H](CNC(=O)c1ccccc1-c1cccc(Cl)c1)C[C@@H]1CCCOC1. The zero-order valence-electron chi connectivity index (χ0n) is 15.7. The van der Waals surface area contributed by atoms with Gasteiger partial charge in [-0.25, -0.2) is 0 Å². The smallest absolute Gasteiger partial charge is 0.251 e. The highest BCUT2D eigenvalue weighted by Gasteiger charge is 2.20. The van der Waals surface area contributed by atoms with Crippen molar-refractivity contribution in [1.82, 2.24) is 10.6 Å². The monoisotopic (exact) mass is 386 g/mol. The molecule has 0 unspecified atom stereocenters. The maximum Gasteiger partial charge on any atom is 0.251 e. The molecule has 0 saturated carbocycles. The van der Waals surface area contributed by atoms with Crippen molar-refractivity contribution < 1.29 is 9.53 Å². The van der Waals surface area contributed by atoms with Gasteiger partial charge in [-0.2, -0.15) is 0 Å². The molecule has 3 rings (SSSR count). The summed E-state index contributed by atoms with van der Waals surface area (Å²) in [5, 5.41) is 7.07. The second-order valence-corrected chi connectivity index (χ2v) is 7.51. The van der Waals surface area contributed by atoms with Gasteiger partial charge in [-0.05, 0) is 61.6 Å². The number of carbonyl (C=O) groups is 1. The van der Waals surface area contributed by atoms with E-state index < -0.39 is 0 Å². The molecule has 2 aromatic rings. The van der Waals surface area contributed by atoms with Gasteiger partial charge in [0.25, 0.3) is 5.91 Å². The van der Waals surface area contributed by atoms with Crippen LogP contribution in [0.4, 0.5) is 0 Å². The van der Waals surface area contributed by atoms with Crippen LogP contribution in [0.5, 0.6) is 0 Å². The van der Waals surface area contributed by atoms with E-state index in [9.17, 15) is 4.79 Å². The largest absolute Gasteiger partial charge is 0.381 e. The Labute approximate surface area is 166 Å². The van der Waals surface area contributed by atoms with Crippen LogP contribution in [0, 0.1) is 5.92 Å².